The molecule has 5 nitrogen and oxygen atoms in total. The van der Waals surface area contributed by atoms with E-state index in [2.05, 4.69) is 17.1 Å². The normalized spacial score (nSPS) is 11.8. The number of aryl methyl sites for hydroxylation is 4. The van der Waals surface area contributed by atoms with Gasteiger partial charge in [0.2, 0.25) is 0 Å². The molecule has 1 amide bonds. The van der Waals surface area contributed by atoms with Gasteiger partial charge in [-0.2, -0.15) is 4.99 Å². The van der Waals surface area contributed by atoms with Crippen molar-refractivity contribution in [2.45, 2.75) is 40.7 Å². The Balaban J connectivity index is 2.07. The maximum atomic E-state index is 12.7. The Morgan fingerprint density at radius 1 is 1.04 bits per heavy atom. The maximum Gasteiger partial charge on any atom is 0.325 e. The van der Waals surface area contributed by atoms with E-state index in [1.165, 1.54) is 18.4 Å². The lowest BCUT2D eigenvalue weighted by molar-refractivity contribution is -0.141. The second-order valence-electron chi connectivity index (χ2n) is 7.09. The molecule has 3 rings (SSSR count). The molecule has 0 radical (unpaired) electrons. The molecule has 0 bridgehead atoms. The number of hydrogen-bond donors (Lipinski definition) is 0. The Morgan fingerprint density at radius 2 is 1.75 bits per heavy atom. The highest BCUT2D eigenvalue weighted by Crippen LogP contribution is 2.23. The number of nitrogens with zero attached hydrogens (tertiary/aromatic N) is 2. The zero-order valence-corrected chi connectivity index (χ0v) is 17.6. The summed E-state index contributed by atoms with van der Waals surface area (Å²) in [6.07, 6.45) is 0.233. The number of amides is 1. The number of ether oxygens (including phenoxy) is 1. The molecule has 0 aliphatic heterocycles. The molecule has 0 saturated heterocycles. The average Bonchev–Trinajstić information content (AvgIpc) is 2.95. The first kappa shape index (κ1) is 20.0. The highest BCUT2D eigenvalue weighted by Gasteiger charge is 2.14. The third-order valence-corrected chi connectivity index (χ3v) is 5.92. The van der Waals surface area contributed by atoms with Crippen molar-refractivity contribution in [3.05, 3.63) is 63.0 Å². The number of aromatic nitrogens is 1. The molecule has 146 valence electrons. The fourth-order valence-electron chi connectivity index (χ4n) is 3.30. The molecule has 0 fully saturated rings. The molecule has 0 aliphatic rings. The predicted octanol–water partition coefficient (Wildman–Crippen LogP) is 3.78. The first-order valence-corrected chi connectivity index (χ1v) is 9.91. The molecule has 1 aromatic heterocycles. The topological polar surface area (TPSA) is 60.7 Å². The van der Waals surface area contributed by atoms with Crippen molar-refractivity contribution in [1.82, 2.24) is 4.57 Å². The van der Waals surface area contributed by atoms with E-state index in [1.807, 2.05) is 45.9 Å². The summed E-state index contributed by atoms with van der Waals surface area (Å²) in [7, 11) is 1.36. The van der Waals surface area contributed by atoms with Crippen LogP contribution >= 0.6 is 11.3 Å². The summed E-state index contributed by atoms with van der Waals surface area (Å²) in [4.78, 5) is 29.5. The minimum absolute atomic E-state index is 0.0229. The highest BCUT2D eigenvalue weighted by molar-refractivity contribution is 7.16. The van der Waals surface area contributed by atoms with Gasteiger partial charge in [-0.15, -0.1) is 0 Å². The molecule has 0 saturated carbocycles. The number of fused-ring (bicyclic) bond motifs is 1. The molecular formula is C22H24N2O3S. The van der Waals surface area contributed by atoms with Gasteiger partial charge < -0.3 is 9.30 Å². The van der Waals surface area contributed by atoms with Crippen molar-refractivity contribution >= 4 is 33.4 Å². The van der Waals surface area contributed by atoms with Gasteiger partial charge in [0, 0.05) is 0 Å². The van der Waals surface area contributed by atoms with Crippen LogP contribution in [0.5, 0.6) is 0 Å². The van der Waals surface area contributed by atoms with Crippen molar-refractivity contribution in [2.75, 3.05) is 7.11 Å². The van der Waals surface area contributed by atoms with Crippen molar-refractivity contribution in [3.63, 3.8) is 0 Å². The summed E-state index contributed by atoms with van der Waals surface area (Å²) in [5.74, 6) is -0.603. The maximum absolute atomic E-state index is 12.7. The van der Waals surface area contributed by atoms with Gasteiger partial charge in [0.15, 0.2) is 4.80 Å². The molecule has 1 heterocycles. The Bertz CT molecular complexity index is 1140. The van der Waals surface area contributed by atoms with Crippen LogP contribution in [0.15, 0.2) is 35.3 Å². The molecule has 0 aliphatic carbocycles. The van der Waals surface area contributed by atoms with Gasteiger partial charge in [-0.25, -0.2) is 0 Å². The first-order chi connectivity index (χ1) is 13.3. The molecule has 28 heavy (non-hydrogen) atoms. The summed E-state index contributed by atoms with van der Waals surface area (Å²) in [5.41, 5.74) is 6.29. The number of rotatable bonds is 4. The van der Waals surface area contributed by atoms with E-state index in [4.69, 9.17) is 4.74 Å². The van der Waals surface area contributed by atoms with Crippen molar-refractivity contribution in [3.8, 4) is 0 Å². The number of benzene rings is 2. The fourth-order valence-corrected chi connectivity index (χ4v) is 4.39. The minimum Gasteiger partial charge on any atom is -0.468 e. The molecule has 0 unspecified atom stereocenters. The van der Waals surface area contributed by atoms with Crippen LogP contribution in [0.25, 0.3) is 10.2 Å². The molecule has 0 spiro atoms. The van der Waals surface area contributed by atoms with Crippen LogP contribution in [0.3, 0.4) is 0 Å². The molecular weight excluding hydrogens is 372 g/mol. The molecule has 0 N–H and O–H groups in total. The zero-order valence-electron chi connectivity index (χ0n) is 16.8. The van der Waals surface area contributed by atoms with Crippen molar-refractivity contribution in [2.24, 2.45) is 4.99 Å². The Kier molecular flexibility index (Phi) is 5.79. The monoisotopic (exact) mass is 396 g/mol. The Hall–Kier alpha value is -2.73. The summed E-state index contributed by atoms with van der Waals surface area (Å²) in [6.45, 7) is 8.08. The first-order valence-electron chi connectivity index (χ1n) is 9.09. The largest absolute Gasteiger partial charge is 0.468 e. The van der Waals surface area contributed by atoms with Gasteiger partial charge in [0.25, 0.3) is 5.91 Å². The van der Waals surface area contributed by atoms with Gasteiger partial charge >= 0.3 is 5.97 Å². The molecule has 3 aromatic rings. The standard InChI is InChI=1S/C22H24N2O3S/c1-13-6-7-17(15(3)8-13)11-19(25)23-22-24(12-20(26)27-5)18-10-14(2)9-16(4)21(18)28-22/h6-10H,11-12H2,1-5H3. The quantitative estimate of drug-likeness (QED) is 0.631. The van der Waals surface area contributed by atoms with Crippen molar-refractivity contribution < 1.29 is 14.3 Å². The van der Waals surface area contributed by atoms with E-state index in [1.54, 1.807) is 4.57 Å². The van der Waals surface area contributed by atoms with Gasteiger partial charge in [-0.05, 0) is 56.0 Å². The van der Waals surface area contributed by atoms with Crippen LogP contribution in [0.1, 0.15) is 27.8 Å². The van der Waals surface area contributed by atoms with Gasteiger partial charge in [-0.3, -0.25) is 9.59 Å². The number of thiazole rings is 1. The average molecular weight is 397 g/mol. The summed E-state index contributed by atoms with van der Waals surface area (Å²) in [5, 5.41) is 0. The van der Waals surface area contributed by atoms with Gasteiger partial charge in [0.1, 0.15) is 6.54 Å². The second kappa shape index (κ2) is 8.10. The SMILES string of the molecule is COC(=O)Cn1c(=NC(=O)Cc2ccc(C)cc2C)sc2c(C)cc(C)cc21. The lowest BCUT2D eigenvalue weighted by Crippen LogP contribution is -2.22. The van der Waals surface area contributed by atoms with E-state index in [9.17, 15) is 9.59 Å². The third-order valence-electron chi connectivity index (χ3n) is 4.69. The van der Waals surface area contributed by atoms with Crippen LogP contribution in [0.4, 0.5) is 0 Å². The number of esters is 1. The molecule has 6 heteroatoms. The Morgan fingerprint density at radius 3 is 2.43 bits per heavy atom. The van der Waals surface area contributed by atoms with E-state index in [0.29, 0.717) is 4.80 Å². The van der Waals surface area contributed by atoms with Crippen LogP contribution in [0.2, 0.25) is 0 Å². The number of methoxy groups -OCH3 is 1. The smallest absolute Gasteiger partial charge is 0.325 e. The van der Waals surface area contributed by atoms with Gasteiger partial charge in [-0.1, -0.05) is 41.2 Å². The number of carbonyl (C=O) groups excluding carboxylic acids is 2. The van der Waals surface area contributed by atoms with Crippen molar-refractivity contribution in [1.29, 1.82) is 0 Å². The van der Waals surface area contributed by atoms with Crippen LogP contribution in [-0.4, -0.2) is 23.6 Å². The highest BCUT2D eigenvalue weighted by atomic mass is 32.1. The lowest BCUT2D eigenvalue weighted by atomic mass is 10.0. The molecule has 2 aromatic carbocycles. The van der Waals surface area contributed by atoms with E-state index in [0.717, 1.165) is 38.0 Å². The number of hydrogen-bond acceptors (Lipinski definition) is 4. The van der Waals surface area contributed by atoms with E-state index < -0.39 is 0 Å². The second-order valence-corrected chi connectivity index (χ2v) is 8.07. The lowest BCUT2D eigenvalue weighted by Gasteiger charge is -2.06. The fraction of sp³-hybridized carbons (Fsp3) is 0.318. The third kappa shape index (κ3) is 4.22. The molecule has 0 atom stereocenters. The van der Waals surface area contributed by atoms with Gasteiger partial charge in [0.05, 0.1) is 23.7 Å². The van der Waals surface area contributed by atoms with E-state index >= 15 is 0 Å². The van der Waals surface area contributed by atoms with Crippen LogP contribution < -0.4 is 4.80 Å². The number of carbonyl (C=O) groups is 2. The zero-order chi connectivity index (χ0) is 20.4. The van der Waals surface area contributed by atoms with Crippen LogP contribution in [0, 0.1) is 27.7 Å². The van der Waals surface area contributed by atoms with Crippen LogP contribution in [-0.2, 0) is 27.3 Å². The Labute approximate surface area is 168 Å². The predicted molar refractivity (Wildman–Crippen MR) is 111 cm³/mol. The van der Waals surface area contributed by atoms with E-state index in [-0.39, 0.29) is 24.8 Å². The summed E-state index contributed by atoms with van der Waals surface area (Å²) in [6, 6.07) is 10.1. The minimum atomic E-state index is -0.373. The summed E-state index contributed by atoms with van der Waals surface area (Å²) >= 11 is 1.42. The summed E-state index contributed by atoms with van der Waals surface area (Å²) < 4.78 is 7.62.